The van der Waals surface area contributed by atoms with Gasteiger partial charge in [0, 0.05) is 25.3 Å². The van der Waals surface area contributed by atoms with Gasteiger partial charge in [-0.3, -0.25) is 4.79 Å². The quantitative estimate of drug-likeness (QED) is 0.866. The summed E-state index contributed by atoms with van der Waals surface area (Å²) in [5.41, 5.74) is 6.05. The number of nitrogens with zero attached hydrogens (tertiary/aromatic N) is 1. The smallest absolute Gasteiger partial charge is 0.228 e. The lowest BCUT2D eigenvalue weighted by molar-refractivity contribution is -0.121. The van der Waals surface area contributed by atoms with Gasteiger partial charge in [0.05, 0.1) is 5.92 Å². The van der Waals surface area contributed by atoms with Crippen molar-refractivity contribution in [2.24, 2.45) is 11.7 Å². The lowest BCUT2D eigenvalue weighted by atomic mass is 9.97. The molecule has 0 radical (unpaired) electrons. The SMILES string of the molecule is NCCN1CCCC(C(=O)Nc2cccc(F)c2)C1. The third-order valence-electron chi connectivity index (χ3n) is 3.41. The first kappa shape index (κ1) is 14.0. The van der Waals surface area contributed by atoms with E-state index in [0.29, 0.717) is 12.2 Å². The number of nitrogens with one attached hydrogen (secondary N) is 1. The Bertz CT molecular complexity index is 436. The van der Waals surface area contributed by atoms with Gasteiger partial charge in [-0.1, -0.05) is 6.07 Å². The number of hydrogen-bond donors (Lipinski definition) is 2. The summed E-state index contributed by atoms with van der Waals surface area (Å²) in [6, 6.07) is 5.98. The van der Waals surface area contributed by atoms with Gasteiger partial charge in [0.15, 0.2) is 0 Å². The van der Waals surface area contributed by atoms with Gasteiger partial charge in [0.2, 0.25) is 5.91 Å². The van der Waals surface area contributed by atoms with Crippen LogP contribution in [0.5, 0.6) is 0 Å². The third-order valence-corrected chi connectivity index (χ3v) is 3.41. The second-order valence-electron chi connectivity index (χ2n) is 4.93. The van der Waals surface area contributed by atoms with Gasteiger partial charge in [0.1, 0.15) is 5.82 Å². The summed E-state index contributed by atoms with van der Waals surface area (Å²) in [6.07, 6.45) is 1.88. The zero-order valence-corrected chi connectivity index (χ0v) is 10.9. The van der Waals surface area contributed by atoms with Gasteiger partial charge in [-0.2, -0.15) is 0 Å². The van der Waals surface area contributed by atoms with Gasteiger partial charge in [0.25, 0.3) is 0 Å². The molecule has 104 valence electrons. The Morgan fingerprint density at radius 1 is 1.53 bits per heavy atom. The number of anilines is 1. The number of carbonyl (C=O) groups excluding carboxylic acids is 1. The molecule has 0 aliphatic carbocycles. The molecule has 0 bridgehead atoms. The molecule has 1 heterocycles. The average Bonchev–Trinajstić information content (AvgIpc) is 2.39. The highest BCUT2D eigenvalue weighted by molar-refractivity contribution is 5.92. The van der Waals surface area contributed by atoms with E-state index in [4.69, 9.17) is 5.73 Å². The Balaban J connectivity index is 1.92. The number of halogens is 1. The molecule has 1 aromatic carbocycles. The Labute approximate surface area is 112 Å². The van der Waals surface area contributed by atoms with Crippen LogP contribution >= 0.6 is 0 Å². The molecule has 1 aromatic rings. The molecule has 19 heavy (non-hydrogen) atoms. The molecule has 1 amide bonds. The first-order valence-electron chi connectivity index (χ1n) is 6.68. The summed E-state index contributed by atoms with van der Waals surface area (Å²) < 4.78 is 13.0. The summed E-state index contributed by atoms with van der Waals surface area (Å²) >= 11 is 0. The van der Waals surface area contributed by atoms with Gasteiger partial charge in [-0.25, -0.2) is 4.39 Å². The predicted octanol–water partition coefficient (Wildman–Crippen LogP) is 1.43. The Morgan fingerprint density at radius 2 is 2.37 bits per heavy atom. The number of likely N-dealkylation sites (tertiary alicyclic amines) is 1. The van der Waals surface area contributed by atoms with Crippen LogP contribution in [0.3, 0.4) is 0 Å². The molecule has 1 aliphatic rings. The molecule has 5 heteroatoms. The molecule has 0 aromatic heterocycles. The highest BCUT2D eigenvalue weighted by atomic mass is 19.1. The van der Waals surface area contributed by atoms with Crippen molar-refractivity contribution in [2.75, 3.05) is 31.5 Å². The molecule has 1 aliphatic heterocycles. The topological polar surface area (TPSA) is 58.4 Å². The van der Waals surface area contributed by atoms with E-state index in [-0.39, 0.29) is 17.6 Å². The maximum absolute atomic E-state index is 13.0. The average molecular weight is 265 g/mol. The molecule has 0 saturated carbocycles. The van der Waals surface area contributed by atoms with Crippen LogP contribution in [0.15, 0.2) is 24.3 Å². The molecular weight excluding hydrogens is 245 g/mol. The van der Waals surface area contributed by atoms with Crippen molar-refractivity contribution in [2.45, 2.75) is 12.8 Å². The monoisotopic (exact) mass is 265 g/mol. The van der Waals surface area contributed by atoms with Crippen LogP contribution in [0.1, 0.15) is 12.8 Å². The molecule has 0 spiro atoms. The second-order valence-corrected chi connectivity index (χ2v) is 4.93. The zero-order valence-electron chi connectivity index (χ0n) is 10.9. The normalized spacial score (nSPS) is 20.2. The van der Waals surface area contributed by atoms with Crippen LogP contribution in [0.25, 0.3) is 0 Å². The largest absolute Gasteiger partial charge is 0.329 e. The fourth-order valence-electron chi connectivity index (χ4n) is 2.47. The fraction of sp³-hybridized carbons (Fsp3) is 0.500. The minimum absolute atomic E-state index is 0.0349. The van der Waals surface area contributed by atoms with Crippen molar-refractivity contribution in [3.8, 4) is 0 Å². The molecule has 2 rings (SSSR count). The van der Waals surface area contributed by atoms with Crippen molar-refractivity contribution < 1.29 is 9.18 Å². The lowest BCUT2D eigenvalue weighted by Crippen LogP contribution is -2.42. The third kappa shape index (κ3) is 4.01. The molecule has 1 unspecified atom stereocenters. The zero-order chi connectivity index (χ0) is 13.7. The van der Waals surface area contributed by atoms with E-state index in [1.54, 1.807) is 12.1 Å². The minimum atomic E-state index is -0.341. The van der Waals surface area contributed by atoms with E-state index >= 15 is 0 Å². The van der Waals surface area contributed by atoms with Crippen LogP contribution in [-0.4, -0.2) is 37.0 Å². The van der Waals surface area contributed by atoms with Crippen molar-refractivity contribution >= 4 is 11.6 Å². The molecule has 3 N–H and O–H groups in total. The molecule has 1 atom stereocenters. The lowest BCUT2D eigenvalue weighted by Gasteiger charge is -2.31. The maximum atomic E-state index is 13.0. The van der Waals surface area contributed by atoms with Gasteiger partial charge in [-0.05, 0) is 37.6 Å². The van der Waals surface area contributed by atoms with Gasteiger partial charge in [-0.15, -0.1) is 0 Å². The van der Waals surface area contributed by atoms with Crippen LogP contribution in [0, 0.1) is 11.7 Å². The van der Waals surface area contributed by atoms with Gasteiger partial charge >= 0.3 is 0 Å². The van der Waals surface area contributed by atoms with Gasteiger partial charge < -0.3 is 16.0 Å². The summed E-state index contributed by atoms with van der Waals surface area (Å²) in [4.78, 5) is 14.3. The first-order chi connectivity index (χ1) is 9.19. The number of carbonyl (C=O) groups is 1. The summed E-state index contributed by atoms with van der Waals surface area (Å²) in [7, 11) is 0. The summed E-state index contributed by atoms with van der Waals surface area (Å²) in [6.45, 7) is 3.17. The summed E-state index contributed by atoms with van der Waals surface area (Å²) in [5, 5.41) is 2.78. The standard InChI is InChI=1S/C14H20FN3O/c15-12-4-1-5-13(9-12)17-14(19)11-3-2-7-18(10-11)8-6-16/h1,4-5,9,11H,2-3,6-8,10,16H2,(H,17,19). The van der Waals surface area contributed by atoms with Crippen LogP contribution < -0.4 is 11.1 Å². The van der Waals surface area contributed by atoms with Crippen LogP contribution in [-0.2, 0) is 4.79 Å². The predicted molar refractivity (Wildman–Crippen MR) is 73.2 cm³/mol. The fourth-order valence-corrected chi connectivity index (χ4v) is 2.47. The number of hydrogen-bond acceptors (Lipinski definition) is 3. The van der Waals surface area contributed by atoms with Crippen LogP contribution in [0.4, 0.5) is 10.1 Å². The number of rotatable bonds is 4. The number of nitrogens with two attached hydrogens (primary N) is 1. The van der Waals surface area contributed by atoms with E-state index in [2.05, 4.69) is 10.2 Å². The number of benzene rings is 1. The molecule has 1 saturated heterocycles. The van der Waals surface area contributed by atoms with E-state index in [0.717, 1.165) is 32.5 Å². The van der Waals surface area contributed by atoms with E-state index in [1.807, 2.05) is 0 Å². The second kappa shape index (κ2) is 6.63. The Morgan fingerprint density at radius 3 is 3.11 bits per heavy atom. The highest BCUT2D eigenvalue weighted by Gasteiger charge is 2.25. The number of amides is 1. The number of piperidine rings is 1. The minimum Gasteiger partial charge on any atom is -0.329 e. The molecule has 1 fully saturated rings. The van der Waals surface area contributed by atoms with Crippen molar-refractivity contribution in [1.29, 1.82) is 0 Å². The van der Waals surface area contributed by atoms with Crippen molar-refractivity contribution in [1.82, 2.24) is 4.90 Å². The van der Waals surface area contributed by atoms with E-state index < -0.39 is 0 Å². The highest BCUT2D eigenvalue weighted by Crippen LogP contribution is 2.18. The maximum Gasteiger partial charge on any atom is 0.228 e. The molecule has 4 nitrogen and oxygen atoms in total. The first-order valence-corrected chi connectivity index (χ1v) is 6.68. The Hall–Kier alpha value is -1.46. The van der Waals surface area contributed by atoms with Crippen molar-refractivity contribution in [3.63, 3.8) is 0 Å². The van der Waals surface area contributed by atoms with Crippen LogP contribution in [0.2, 0.25) is 0 Å². The summed E-state index contributed by atoms with van der Waals surface area (Å²) in [5.74, 6) is -0.415. The Kier molecular flexibility index (Phi) is 4.87. The van der Waals surface area contributed by atoms with E-state index in [1.165, 1.54) is 12.1 Å². The molecular formula is C14H20FN3O. The van der Waals surface area contributed by atoms with Crippen molar-refractivity contribution in [3.05, 3.63) is 30.1 Å². The van der Waals surface area contributed by atoms with E-state index in [9.17, 15) is 9.18 Å².